The molecule has 0 fully saturated rings. The van der Waals surface area contributed by atoms with E-state index in [-0.39, 0.29) is 5.78 Å². The number of hydrogen-bond acceptors (Lipinski definition) is 1. The smallest absolute Gasteiger partial charge is 0.228 e. The number of aromatic nitrogens is 2. The molecular formula is C14H9ClN2O. The Balaban J connectivity index is 2.30. The van der Waals surface area contributed by atoms with Gasteiger partial charge in [-0.3, -0.25) is 4.79 Å². The molecule has 1 aromatic carbocycles. The molecule has 3 aromatic rings. The van der Waals surface area contributed by atoms with Gasteiger partial charge in [-0.2, -0.15) is 0 Å². The van der Waals surface area contributed by atoms with Crippen LogP contribution in [0.1, 0.15) is 16.2 Å². The molecule has 3 nitrogen and oxygen atoms in total. The Labute approximate surface area is 108 Å². The number of aryl methyl sites for hydroxylation is 1. The van der Waals surface area contributed by atoms with Crippen molar-refractivity contribution in [3.8, 4) is 5.69 Å². The van der Waals surface area contributed by atoms with Crippen molar-refractivity contribution < 1.29 is 4.79 Å². The highest BCUT2D eigenvalue weighted by molar-refractivity contribution is 6.37. The van der Waals surface area contributed by atoms with Crippen LogP contribution in [0.15, 0.2) is 36.5 Å². The van der Waals surface area contributed by atoms with Gasteiger partial charge in [-0.05, 0) is 24.3 Å². The van der Waals surface area contributed by atoms with Crippen molar-refractivity contribution in [2.75, 3.05) is 0 Å². The molecule has 0 spiro atoms. The highest BCUT2D eigenvalue weighted by Crippen LogP contribution is 2.39. The van der Waals surface area contributed by atoms with Gasteiger partial charge in [-0.25, -0.2) is 0 Å². The molecule has 4 rings (SSSR count). The second-order valence-electron chi connectivity index (χ2n) is 4.48. The minimum Gasteiger partial charge on any atom is -0.339 e. The molecule has 0 unspecified atom stereocenters. The van der Waals surface area contributed by atoms with Crippen LogP contribution in [0.2, 0.25) is 5.02 Å². The standard InChI is InChI=1S/C14H9ClN2O/c1-16-9-5-2-4-8(15)11(9)12-13(16)14(18)10-6-3-7-17(10)12/h2-7H,1H3. The molecule has 1 aliphatic rings. The van der Waals surface area contributed by atoms with Crippen molar-refractivity contribution >= 4 is 28.3 Å². The Morgan fingerprint density at radius 2 is 2.00 bits per heavy atom. The topological polar surface area (TPSA) is 26.9 Å². The van der Waals surface area contributed by atoms with Gasteiger partial charge in [0.25, 0.3) is 0 Å². The third kappa shape index (κ3) is 0.946. The van der Waals surface area contributed by atoms with E-state index in [0.29, 0.717) is 16.4 Å². The normalized spacial score (nSPS) is 13.1. The summed E-state index contributed by atoms with van der Waals surface area (Å²) in [5, 5.41) is 1.62. The first-order valence-corrected chi connectivity index (χ1v) is 6.07. The lowest BCUT2D eigenvalue weighted by atomic mass is 10.2. The number of carbonyl (C=O) groups excluding carboxylic acids is 1. The van der Waals surface area contributed by atoms with Crippen LogP contribution >= 0.6 is 11.6 Å². The lowest BCUT2D eigenvalue weighted by Gasteiger charge is -2.02. The Hall–Kier alpha value is -2.00. The van der Waals surface area contributed by atoms with E-state index in [4.69, 9.17) is 11.6 Å². The van der Waals surface area contributed by atoms with Crippen LogP contribution < -0.4 is 0 Å². The fourth-order valence-electron chi connectivity index (χ4n) is 2.80. The van der Waals surface area contributed by atoms with E-state index in [1.54, 1.807) is 0 Å². The van der Waals surface area contributed by atoms with Crippen molar-refractivity contribution in [2.45, 2.75) is 0 Å². The van der Waals surface area contributed by atoms with Gasteiger partial charge >= 0.3 is 0 Å². The number of benzene rings is 1. The molecular weight excluding hydrogens is 248 g/mol. The molecule has 0 bridgehead atoms. The average molecular weight is 257 g/mol. The van der Waals surface area contributed by atoms with Gasteiger partial charge < -0.3 is 9.13 Å². The van der Waals surface area contributed by atoms with Gasteiger partial charge in [0.15, 0.2) is 0 Å². The van der Waals surface area contributed by atoms with E-state index >= 15 is 0 Å². The largest absolute Gasteiger partial charge is 0.339 e. The van der Waals surface area contributed by atoms with Crippen LogP contribution in [0.4, 0.5) is 0 Å². The number of ketones is 1. The van der Waals surface area contributed by atoms with Crippen LogP contribution in [0.3, 0.4) is 0 Å². The van der Waals surface area contributed by atoms with E-state index in [9.17, 15) is 4.79 Å². The maximum atomic E-state index is 12.4. The third-order valence-corrected chi connectivity index (χ3v) is 3.90. The highest BCUT2D eigenvalue weighted by Gasteiger charge is 2.32. The number of hydrogen-bond donors (Lipinski definition) is 0. The maximum absolute atomic E-state index is 12.4. The van der Waals surface area contributed by atoms with E-state index in [2.05, 4.69) is 0 Å². The maximum Gasteiger partial charge on any atom is 0.228 e. The van der Waals surface area contributed by atoms with Crippen molar-refractivity contribution in [1.29, 1.82) is 0 Å². The van der Waals surface area contributed by atoms with Crippen molar-refractivity contribution in [3.63, 3.8) is 0 Å². The second-order valence-corrected chi connectivity index (χ2v) is 4.89. The minimum atomic E-state index is 0.0600. The highest BCUT2D eigenvalue weighted by atomic mass is 35.5. The first-order chi connectivity index (χ1) is 8.70. The zero-order valence-electron chi connectivity index (χ0n) is 9.64. The first kappa shape index (κ1) is 9.97. The molecule has 18 heavy (non-hydrogen) atoms. The first-order valence-electron chi connectivity index (χ1n) is 5.69. The Kier molecular flexibility index (Phi) is 1.69. The number of halogens is 1. The fraction of sp³-hybridized carbons (Fsp3) is 0.0714. The van der Waals surface area contributed by atoms with Gasteiger partial charge in [0, 0.05) is 18.6 Å². The van der Waals surface area contributed by atoms with E-state index in [1.807, 2.05) is 52.7 Å². The van der Waals surface area contributed by atoms with Gasteiger partial charge in [0.1, 0.15) is 5.69 Å². The van der Waals surface area contributed by atoms with Crippen LogP contribution in [-0.2, 0) is 7.05 Å². The van der Waals surface area contributed by atoms with E-state index < -0.39 is 0 Å². The summed E-state index contributed by atoms with van der Waals surface area (Å²) in [4.78, 5) is 12.4. The van der Waals surface area contributed by atoms with Crippen LogP contribution in [0, 0.1) is 0 Å². The van der Waals surface area contributed by atoms with Gasteiger partial charge in [0.2, 0.25) is 5.78 Å². The quantitative estimate of drug-likeness (QED) is 0.475. The zero-order valence-corrected chi connectivity index (χ0v) is 10.4. The summed E-state index contributed by atoms with van der Waals surface area (Å²) in [7, 11) is 1.90. The third-order valence-electron chi connectivity index (χ3n) is 3.59. The molecule has 0 radical (unpaired) electrons. The van der Waals surface area contributed by atoms with Gasteiger partial charge in [-0.15, -0.1) is 0 Å². The lowest BCUT2D eigenvalue weighted by molar-refractivity contribution is 0.103. The Morgan fingerprint density at radius 1 is 1.17 bits per heavy atom. The lowest BCUT2D eigenvalue weighted by Crippen LogP contribution is -2.03. The number of fused-ring (bicyclic) bond motifs is 5. The molecule has 0 atom stereocenters. The van der Waals surface area contributed by atoms with Crippen LogP contribution in [0.5, 0.6) is 0 Å². The van der Waals surface area contributed by atoms with Gasteiger partial charge in [0.05, 0.1) is 21.9 Å². The van der Waals surface area contributed by atoms with Crippen molar-refractivity contribution in [3.05, 3.63) is 52.9 Å². The van der Waals surface area contributed by atoms with Crippen molar-refractivity contribution in [1.82, 2.24) is 9.13 Å². The summed E-state index contributed by atoms with van der Waals surface area (Å²) in [5.41, 5.74) is 3.31. The molecule has 4 heteroatoms. The summed E-state index contributed by atoms with van der Waals surface area (Å²) in [6.07, 6.45) is 1.90. The molecule has 1 aliphatic heterocycles. The van der Waals surface area contributed by atoms with Crippen LogP contribution in [0.25, 0.3) is 16.6 Å². The average Bonchev–Trinajstić information content (AvgIpc) is 2.98. The second kappa shape index (κ2) is 3.06. The summed E-state index contributed by atoms with van der Waals surface area (Å²) in [5.74, 6) is 0.0600. The van der Waals surface area contributed by atoms with E-state index in [0.717, 1.165) is 16.6 Å². The van der Waals surface area contributed by atoms with E-state index in [1.165, 1.54) is 0 Å². The molecule has 3 heterocycles. The summed E-state index contributed by atoms with van der Waals surface area (Å²) in [6, 6.07) is 9.46. The summed E-state index contributed by atoms with van der Waals surface area (Å²) >= 11 is 6.30. The minimum absolute atomic E-state index is 0.0600. The molecule has 88 valence electrons. The number of rotatable bonds is 0. The molecule has 0 saturated heterocycles. The van der Waals surface area contributed by atoms with Crippen LogP contribution in [-0.4, -0.2) is 14.9 Å². The molecule has 0 aliphatic carbocycles. The summed E-state index contributed by atoms with van der Waals surface area (Å²) < 4.78 is 3.84. The van der Waals surface area contributed by atoms with Crippen molar-refractivity contribution in [2.24, 2.45) is 7.05 Å². The summed E-state index contributed by atoms with van der Waals surface area (Å²) in [6.45, 7) is 0. The fourth-order valence-corrected chi connectivity index (χ4v) is 3.06. The van der Waals surface area contributed by atoms with Gasteiger partial charge in [-0.1, -0.05) is 17.7 Å². The number of nitrogens with zero attached hydrogens (tertiary/aromatic N) is 2. The predicted octanol–water partition coefficient (Wildman–Crippen LogP) is 3.17. The molecule has 0 amide bonds. The Bertz CT molecular complexity index is 826. The predicted molar refractivity (Wildman–Crippen MR) is 70.7 cm³/mol. The molecule has 0 N–H and O–H groups in total. The SMILES string of the molecule is Cn1c2c(c3c(Cl)cccc31)-n1cccc1C2=O. The molecule has 0 saturated carbocycles. The number of carbonyl (C=O) groups is 1. The monoisotopic (exact) mass is 256 g/mol. The Morgan fingerprint density at radius 3 is 2.83 bits per heavy atom. The zero-order chi connectivity index (χ0) is 12.4. The molecule has 2 aromatic heterocycles.